The van der Waals surface area contributed by atoms with Crippen molar-refractivity contribution in [1.82, 2.24) is 10.6 Å². The number of amides is 2. The number of esters is 1. The predicted molar refractivity (Wildman–Crippen MR) is 120 cm³/mol. The van der Waals surface area contributed by atoms with E-state index in [1.807, 2.05) is 62.4 Å². The first-order chi connectivity index (χ1) is 14.9. The number of carbonyl (C=O) groups excluding carboxylic acids is 2. The number of benzene rings is 2. The van der Waals surface area contributed by atoms with Gasteiger partial charge in [0.15, 0.2) is 0 Å². The molecule has 0 fully saturated rings. The molecule has 2 aromatic rings. The third-order valence-electron chi connectivity index (χ3n) is 4.96. The number of aryl methyl sites for hydroxylation is 1. The summed E-state index contributed by atoms with van der Waals surface area (Å²) in [6, 6.07) is 14.6. The van der Waals surface area contributed by atoms with Gasteiger partial charge < -0.3 is 20.1 Å². The molecule has 2 aromatic carbocycles. The highest BCUT2D eigenvalue weighted by Crippen LogP contribution is 2.35. The summed E-state index contributed by atoms with van der Waals surface area (Å²) in [5.74, 6) is 0.172. The number of nitrogens with one attached hydrogen (secondary N) is 2. The predicted octanol–water partition coefficient (Wildman–Crippen LogP) is 4.93. The van der Waals surface area contributed by atoms with E-state index in [9.17, 15) is 9.59 Å². The van der Waals surface area contributed by atoms with E-state index in [4.69, 9.17) is 9.47 Å². The van der Waals surface area contributed by atoms with Gasteiger partial charge in [-0.3, -0.25) is 0 Å². The lowest BCUT2D eigenvalue weighted by atomic mass is 9.93. The van der Waals surface area contributed by atoms with Crippen molar-refractivity contribution in [3.63, 3.8) is 0 Å². The number of hydrogen-bond acceptors (Lipinski definition) is 4. The van der Waals surface area contributed by atoms with Gasteiger partial charge in [-0.1, -0.05) is 61.4 Å². The van der Waals surface area contributed by atoms with Crippen molar-refractivity contribution in [3.8, 4) is 5.75 Å². The molecule has 0 aliphatic carbocycles. The minimum atomic E-state index is -0.657. The minimum absolute atomic E-state index is 0.269. The average molecular weight is 423 g/mol. The van der Waals surface area contributed by atoms with Crippen molar-refractivity contribution in [2.45, 2.75) is 59.3 Å². The van der Waals surface area contributed by atoms with E-state index in [1.165, 1.54) is 5.56 Å². The van der Waals surface area contributed by atoms with Crippen LogP contribution in [-0.2, 0) is 16.1 Å². The SMILES string of the molecule is CCCC1=C(C(=O)OC(C)C)C(c2ccccc2OCc2ccc(C)cc2)NC(=O)N1. The van der Waals surface area contributed by atoms with Gasteiger partial charge in [-0.25, -0.2) is 9.59 Å². The van der Waals surface area contributed by atoms with E-state index < -0.39 is 12.0 Å². The Labute approximate surface area is 183 Å². The van der Waals surface area contributed by atoms with E-state index in [0.29, 0.717) is 35.6 Å². The van der Waals surface area contributed by atoms with Gasteiger partial charge in [-0.05, 0) is 38.8 Å². The smallest absolute Gasteiger partial charge is 0.338 e. The Hall–Kier alpha value is -3.28. The molecule has 0 spiro atoms. The van der Waals surface area contributed by atoms with E-state index in [0.717, 1.165) is 12.0 Å². The third-order valence-corrected chi connectivity index (χ3v) is 4.96. The summed E-state index contributed by atoms with van der Waals surface area (Å²) in [6.07, 6.45) is 1.08. The van der Waals surface area contributed by atoms with Crippen molar-refractivity contribution >= 4 is 12.0 Å². The number of ether oxygens (including phenoxy) is 2. The zero-order valence-corrected chi connectivity index (χ0v) is 18.5. The van der Waals surface area contributed by atoms with E-state index in [-0.39, 0.29) is 12.1 Å². The molecule has 164 valence electrons. The van der Waals surface area contributed by atoms with Crippen LogP contribution in [0, 0.1) is 6.92 Å². The first-order valence-electron chi connectivity index (χ1n) is 10.7. The fourth-order valence-electron chi connectivity index (χ4n) is 3.51. The number of urea groups is 1. The summed E-state index contributed by atoms with van der Waals surface area (Å²) in [5.41, 5.74) is 3.95. The topological polar surface area (TPSA) is 76.7 Å². The highest BCUT2D eigenvalue weighted by molar-refractivity contribution is 5.95. The molecule has 1 aliphatic heterocycles. The van der Waals surface area contributed by atoms with Gasteiger partial charge in [0.25, 0.3) is 0 Å². The number of hydrogen-bond donors (Lipinski definition) is 2. The second-order valence-corrected chi connectivity index (χ2v) is 7.94. The molecule has 1 unspecified atom stereocenters. The quantitative estimate of drug-likeness (QED) is 0.591. The Balaban J connectivity index is 1.96. The largest absolute Gasteiger partial charge is 0.489 e. The maximum absolute atomic E-state index is 13.0. The zero-order chi connectivity index (χ0) is 22.4. The molecule has 6 heteroatoms. The molecule has 0 aromatic heterocycles. The lowest BCUT2D eigenvalue weighted by Gasteiger charge is -2.30. The van der Waals surface area contributed by atoms with Crippen molar-refractivity contribution in [2.75, 3.05) is 0 Å². The second-order valence-electron chi connectivity index (χ2n) is 7.94. The molecule has 6 nitrogen and oxygen atoms in total. The molecule has 1 heterocycles. The Morgan fingerprint density at radius 2 is 1.81 bits per heavy atom. The lowest BCUT2D eigenvalue weighted by Crippen LogP contribution is -2.46. The summed E-state index contributed by atoms with van der Waals surface area (Å²) in [6.45, 7) is 8.03. The number of rotatable bonds is 8. The Morgan fingerprint density at radius 1 is 1.10 bits per heavy atom. The molecule has 1 aliphatic rings. The van der Waals surface area contributed by atoms with Gasteiger partial charge in [0.1, 0.15) is 12.4 Å². The number of carbonyl (C=O) groups is 2. The fraction of sp³-hybridized carbons (Fsp3) is 0.360. The van der Waals surface area contributed by atoms with Gasteiger partial charge in [-0.2, -0.15) is 0 Å². The molecular weight excluding hydrogens is 392 g/mol. The lowest BCUT2D eigenvalue weighted by molar-refractivity contribution is -0.143. The molecular formula is C25H30N2O4. The zero-order valence-electron chi connectivity index (χ0n) is 18.5. The van der Waals surface area contributed by atoms with Crippen LogP contribution in [0.1, 0.15) is 56.3 Å². The first kappa shape index (κ1) is 22.4. The first-order valence-corrected chi connectivity index (χ1v) is 10.7. The highest BCUT2D eigenvalue weighted by atomic mass is 16.5. The van der Waals surface area contributed by atoms with Crippen molar-refractivity contribution < 1.29 is 19.1 Å². The van der Waals surface area contributed by atoms with Crippen LogP contribution in [0.4, 0.5) is 4.79 Å². The van der Waals surface area contributed by atoms with E-state index in [2.05, 4.69) is 10.6 Å². The molecule has 1 atom stereocenters. The van der Waals surface area contributed by atoms with E-state index >= 15 is 0 Å². The van der Waals surface area contributed by atoms with Gasteiger partial charge in [0.05, 0.1) is 17.7 Å². The van der Waals surface area contributed by atoms with Crippen LogP contribution in [0.3, 0.4) is 0 Å². The summed E-state index contributed by atoms with van der Waals surface area (Å²) in [4.78, 5) is 25.4. The molecule has 0 bridgehead atoms. The van der Waals surface area contributed by atoms with Crippen LogP contribution in [0.2, 0.25) is 0 Å². The van der Waals surface area contributed by atoms with Crippen molar-refractivity contribution in [2.24, 2.45) is 0 Å². The van der Waals surface area contributed by atoms with Crippen LogP contribution in [-0.4, -0.2) is 18.1 Å². The van der Waals surface area contributed by atoms with Gasteiger partial charge in [0, 0.05) is 11.3 Å². The monoisotopic (exact) mass is 422 g/mol. The van der Waals surface area contributed by atoms with Crippen LogP contribution in [0.15, 0.2) is 59.8 Å². The van der Waals surface area contributed by atoms with Gasteiger partial charge >= 0.3 is 12.0 Å². The minimum Gasteiger partial charge on any atom is -0.489 e. The molecule has 0 saturated heterocycles. The van der Waals surface area contributed by atoms with Crippen molar-refractivity contribution in [3.05, 3.63) is 76.5 Å². The average Bonchev–Trinajstić information content (AvgIpc) is 2.73. The van der Waals surface area contributed by atoms with Crippen LogP contribution >= 0.6 is 0 Å². The Bertz CT molecular complexity index is 964. The molecule has 0 radical (unpaired) electrons. The van der Waals surface area contributed by atoms with Crippen molar-refractivity contribution in [1.29, 1.82) is 0 Å². The molecule has 2 amide bonds. The third kappa shape index (κ3) is 5.66. The highest BCUT2D eigenvalue weighted by Gasteiger charge is 2.35. The summed E-state index contributed by atoms with van der Waals surface area (Å²) >= 11 is 0. The second kappa shape index (κ2) is 10.2. The standard InChI is InChI=1S/C25H30N2O4/c1-5-8-20-22(24(28)31-16(2)3)23(27-25(29)26-20)19-9-6-7-10-21(19)30-15-18-13-11-17(4)12-14-18/h6-7,9-14,16,23H,5,8,15H2,1-4H3,(H2,26,27,29). The number of allylic oxidation sites excluding steroid dienone is 1. The summed E-state index contributed by atoms with van der Waals surface area (Å²) in [7, 11) is 0. The fourth-order valence-corrected chi connectivity index (χ4v) is 3.51. The maximum Gasteiger partial charge on any atom is 0.338 e. The van der Waals surface area contributed by atoms with Crippen LogP contribution < -0.4 is 15.4 Å². The maximum atomic E-state index is 13.0. The van der Waals surface area contributed by atoms with Gasteiger partial charge in [-0.15, -0.1) is 0 Å². The Kier molecular flexibility index (Phi) is 7.34. The van der Waals surface area contributed by atoms with Gasteiger partial charge in [0.2, 0.25) is 0 Å². The molecule has 31 heavy (non-hydrogen) atoms. The Morgan fingerprint density at radius 3 is 2.48 bits per heavy atom. The molecule has 0 saturated carbocycles. The van der Waals surface area contributed by atoms with Crippen LogP contribution in [0.25, 0.3) is 0 Å². The normalized spacial score (nSPS) is 16.0. The van der Waals surface area contributed by atoms with Crippen LogP contribution in [0.5, 0.6) is 5.75 Å². The number of para-hydroxylation sites is 1. The summed E-state index contributed by atoms with van der Waals surface area (Å²) < 4.78 is 11.6. The molecule has 3 rings (SSSR count). The molecule has 2 N–H and O–H groups in total. The van der Waals surface area contributed by atoms with E-state index in [1.54, 1.807) is 13.8 Å². The summed E-state index contributed by atoms with van der Waals surface area (Å²) in [5, 5.41) is 5.67.